The molecule has 0 aliphatic carbocycles. The molecule has 0 radical (unpaired) electrons. The van der Waals surface area contributed by atoms with Crippen molar-refractivity contribution in [2.45, 2.75) is 0 Å². The number of imidazole rings is 1. The molecular weight excluding hydrogens is 332 g/mol. The van der Waals surface area contributed by atoms with Crippen molar-refractivity contribution in [3.8, 4) is 28.3 Å². The van der Waals surface area contributed by atoms with Crippen LogP contribution in [0.3, 0.4) is 0 Å². The fourth-order valence-electron chi connectivity index (χ4n) is 2.85. The first-order valence-corrected chi connectivity index (χ1v) is 7.89. The number of hydrogen-bond acceptors (Lipinski definition) is 5. The maximum Gasteiger partial charge on any atom is 0.269 e. The maximum atomic E-state index is 10.9. The molecule has 0 atom stereocenters. The summed E-state index contributed by atoms with van der Waals surface area (Å²) in [5.74, 6) is 1.32. The van der Waals surface area contributed by atoms with Crippen LogP contribution in [0.1, 0.15) is 0 Å². The lowest BCUT2D eigenvalue weighted by Gasteiger charge is -2.06. The highest BCUT2D eigenvalue weighted by Gasteiger charge is 2.17. The molecule has 7 nitrogen and oxygen atoms in total. The van der Waals surface area contributed by atoms with E-state index in [4.69, 9.17) is 4.74 Å². The van der Waals surface area contributed by atoms with Gasteiger partial charge < -0.3 is 4.74 Å². The number of aromatic nitrogens is 3. The number of ether oxygens (including phenoxy) is 1. The van der Waals surface area contributed by atoms with Gasteiger partial charge in [0.25, 0.3) is 5.69 Å². The molecule has 0 spiro atoms. The van der Waals surface area contributed by atoms with Crippen LogP contribution in [0.25, 0.3) is 28.3 Å². The Morgan fingerprint density at radius 1 is 1.04 bits per heavy atom. The van der Waals surface area contributed by atoms with Gasteiger partial charge in [-0.25, -0.2) is 9.97 Å². The summed E-state index contributed by atoms with van der Waals surface area (Å²) in [5, 5.41) is 10.9. The normalized spacial score (nSPS) is 10.8. The lowest BCUT2D eigenvalue weighted by molar-refractivity contribution is -0.384. The number of benzene rings is 2. The Kier molecular flexibility index (Phi) is 3.81. The highest BCUT2D eigenvalue weighted by molar-refractivity contribution is 5.81. The Bertz CT molecular complexity index is 1090. The van der Waals surface area contributed by atoms with Crippen LogP contribution < -0.4 is 4.74 Å². The Labute approximate surface area is 148 Å². The zero-order chi connectivity index (χ0) is 18.1. The fraction of sp³-hybridized carbons (Fsp3) is 0.0526. The summed E-state index contributed by atoms with van der Waals surface area (Å²) in [7, 11) is 1.62. The Balaban J connectivity index is 1.92. The van der Waals surface area contributed by atoms with Crippen LogP contribution in [-0.2, 0) is 0 Å². The molecule has 2 aromatic carbocycles. The van der Waals surface area contributed by atoms with Crippen molar-refractivity contribution in [2.24, 2.45) is 0 Å². The Morgan fingerprint density at radius 3 is 2.38 bits per heavy atom. The summed E-state index contributed by atoms with van der Waals surface area (Å²) in [5.41, 5.74) is 3.35. The van der Waals surface area contributed by atoms with Crippen LogP contribution in [0.2, 0.25) is 0 Å². The van der Waals surface area contributed by atoms with Gasteiger partial charge in [-0.05, 0) is 42.5 Å². The number of nitrogens with zero attached hydrogens (tertiary/aromatic N) is 4. The van der Waals surface area contributed by atoms with E-state index in [9.17, 15) is 10.1 Å². The van der Waals surface area contributed by atoms with E-state index in [1.807, 2.05) is 40.9 Å². The molecule has 128 valence electrons. The van der Waals surface area contributed by atoms with Crippen LogP contribution in [0.15, 0.2) is 67.0 Å². The molecule has 0 saturated heterocycles. The minimum Gasteiger partial charge on any atom is -0.497 e. The zero-order valence-electron chi connectivity index (χ0n) is 13.9. The van der Waals surface area contributed by atoms with Crippen molar-refractivity contribution < 1.29 is 9.66 Å². The van der Waals surface area contributed by atoms with Gasteiger partial charge in [-0.2, -0.15) is 0 Å². The van der Waals surface area contributed by atoms with E-state index in [1.54, 1.807) is 25.4 Å². The van der Waals surface area contributed by atoms with Gasteiger partial charge >= 0.3 is 0 Å². The van der Waals surface area contributed by atoms with E-state index in [0.717, 1.165) is 28.3 Å². The van der Waals surface area contributed by atoms with Crippen LogP contribution >= 0.6 is 0 Å². The second kappa shape index (κ2) is 6.29. The van der Waals surface area contributed by atoms with Crippen LogP contribution in [-0.4, -0.2) is 26.4 Å². The van der Waals surface area contributed by atoms with Gasteiger partial charge in [-0.15, -0.1) is 0 Å². The van der Waals surface area contributed by atoms with E-state index in [-0.39, 0.29) is 5.69 Å². The van der Waals surface area contributed by atoms with Crippen molar-refractivity contribution in [3.63, 3.8) is 0 Å². The molecule has 0 aliphatic heterocycles. The van der Waals surface area contributed by atoms with E-state index in [1.165, 1.54) is 12.1 Å². The summed E-state index contributed by atoms with van der Waals surface area (Å²) in [6, 6.07) is 15.8. The Morgan fingerprint density at radius 2 is 1.73 bits per heavy atom. The molecular formula is C19H14N4O3. The van der Waals surface area contributed by atoms with Crippen LogP contribution in [0.5, 0.6) is 5.75 Å². The fourth-order valence-corrected chi connectivity index (χ4v) is 2.85. The third-order valence-corrected chi connectivity index (χ3v) is 4.12. The predicted octanol–water partition coefficient (Wildman–Crippen LogP) is 3.98. The average molecular weight is 346 g/mol. The van der Waals surface area contributed by atoms with Gasteiger partial charge in [0.1, 0.15) is 5.75 Å². The highest BCUT2D eigenvalue weighted by Crippen LogP contribution is 2.33. The van der Waals surface area contributed by atoms with Crippen molar-refractivity contribution in [3.05, 3.63) is 77.1 Å². The molecule has 26 heavy (non-hydrogen) atoms. The van der Waals surface area contributed by atoms with E-state index >= 15 is 0 Å². The lowest BCUT2D eigenvalue weighted by Crippen LogP contribution is -1.92. The van der Waals surface area contributed by atoms with E-state index in [2.05, 4.69) is 9.97 Å². The number of methoxy groups -OCH3 is 1. The zero-order valence-corrected chi connectivity index (χ0v) is 13.9. The minimum atomic E-state index is -0.412. The molecule has 0 N–H and O–H groups in total. The molecule has 0 saturated carbocycles. The van der Waals surface area contributed by atoms with Crippen LogP contribution in [0, 0.1) is 10.1 Å². The first-order chi connectivity index (χ1) is 12.7. The van der Waals surface area contributed by atoms with Crippen molar-refractivity contribution >= 4 is 11.5 Å². The summed E-state index contributed by atoms with van der Waals surface area (Å²) >= 11 is 0. The molecule has 2 heterocycles. The molecule has 0 unspecified atom stereocenters. The molecule has 4 aromatic rings. The van der Waals surface area contributed by atoms with Gasteiger partial charge in [0.05, 0.1) is 23.4 Å². The number of fused-ring (bicyclic) bond motifs is 1. The predicted molar refractivity (Wildman–Crippen MR) is 97.1 cm³/mol. The van der Waals surface area contributed by atoms with Crippen molar-refractivity contribution in [1.82, 2.24) is 14.4 Å². The number of nitro groups is 1. The van der Waals surface area contributed by atoms with Gasteiger partial charge in [0.15, 0.2) is 0 Å². The van der Waals surface area contributed by atoms with E-state index < -0.39 is 4.92 Å². The molecule has 0 aliphatic rings. The molecule has 7 heteroatoms. The SMILES string of the molecule is COc1ccc(-c2nc3ncccn3c2-c2ccc([N+](=O)[O-])cc2)cc1. The molecule has 4 rings (SSSR count). The quantitative estimate of drug-likeness (QED) is 0.412. The lowest BCUT2D eigenvalue weighted by atomic mass is 10.0. The Hall–Kier alpha value is -3.74. The molecule has 0 fully saturated rings. The minimum absolute atomic E-state index is 0.0479. The third-order valence-electron chi connectivity index (χ3n) is 4.12. The number of nitro benzene ring substituents is 1. The first kappa shape index (κ1) is 15.8. The standard InChI is InChI=1S/C19H14N4O3/c1-26-16-9-5-13(6-10-16)17-18(22-12-2-11-20-19(22)21-17)14-3-7-15(8-4-14)23(24)25/h2-12H,1H3. The van der Waals surface area contributed by atoms with Gasteiger partial charge in [0.2, 0.25) is 5.78 Å². The second-order valence-corrected chi connectivity index (χ2v) is 5.63. The van der Waals surface area contributed by atoms with Crippen molar-refractivity contribution in [1.29, 1.82) is 0 Å². The van der Waals surface area contributed by atoms with Crippen molar-refractivity contribution in [2.75, 3.05) is 7.11 Å². The third kappa shape index (κ3) is 2.65. The summed E-state index contributed by atoms with van der Waals surface area (Å²) in [6.07, 6.45) is 3.55. The van der Waals surface area contributed by atoms with Crippen LogP contribution in [0.4, 0.5) is 5.69 Å². The number of non-ortho nitro benzene ring substituents is 1. The summed E-state index contributed by atoms with van der Waals surface area (Å²) < 4.78 is 7.09. The van der Waals surface area contributed by atoms with E-state index in [0.29, 0.717) is 5.78 Å². The van der Waals surface area contributed by atoms with Gasteiger partial charge in [0, 0.05) is 35.7 Å². The largest absolute Gasteiger partial charge is 0.497 e. The number of rotatable bonds is 4. The molecule has 2 aromatic heterocycles. The second-order valence-electron chi connectivity index (χ2n) is 5.63. The smallest absolute Gasteiger partial charge is 0.269 e. The summed E-state index contributed by atoms with van der Waals surface area (Å²) in [6.45, 7) is 0. The maximum absolute atomic E-state index is 10.9. The highest BCUT2D eigenvalue weighted by atomic mass is 16.6. The average Bonchev–Trinajstić information content (AvgIpc) is 3.07. The monoisotopic (exact) mass is 346 g/mol. The number of hydrogen-bond donors (Lipinski definition) is 0. The molecule has 0 bridgehead atoms. The van der Waals surface area contributed by atoms with Gasteiger partial charge in [-0.1, -0.05) is 0 Å². The summed E-state index contributed by atoms with van der Waals surface area (Å²) in [4.78, 5) is 19.5. The van der Waals surface area contributed by atoms with Gasteiger partial charge in [-0.3, -0.25) is 14.5 Å². The topological polar surface area (TPSA) is 82.6 Å². The first-order valence-electron chi connectivity index (χ1n) is 7.89. The molecule has 0 amide bonds.